The molecule has 0 spiro atoms. The van der Waals surface area contributed by atoms with E-state index in [2.05, 4.69) is 30.7 Å². The van der Waals surface area contributed by atoms with Crippen molar-refractivity contribution in [1.29, 1.82) is 0 Å². The molecule has 4 rings (SSSR count). The van der Waals surface area contributed by atoms with Crippen molar-refractivity contribution in [3.05, 3.63) is 20.7 Å². The summed E-state index contributed by atoms with van der Waals surface area (Å²) in [5, 5.41) is 10.5. The van der Waals surface area contributed by atoms with Gasteiger partial charge in [0.15, 0.2) is 5.16 Å². The Kier molecular flexibility index (Phi) is 4.94. The van der Waals surface area contributed by atoms with Gasteiger partial charge in [-0.1, -0.05) is 11.8 Å². The average molecular weight is 456 g/mol. The molecule has 0 bridgehead atoms. The van der Waals surface area contributed by atoms with Gasteiger partial charge in [0.05, 0.1) is 6.61 Å². The lowest BCUT2D eigenvalue weighted by atomic mass is 10.1. The fourth-order valence-electron chi connectivity index (χ4n) is 3.40. The second-order valence-corrected chi connectivity index (χ2v) is 10.6. The number of fused-ring (bicyclic) bond motifs is 1. The van der Waals surface area contributed by atoms with Gasteiger partial charge >= 0.3 is 5.97 Å². The third-order valence-corrected chi connectivity index (χ3v) is 7.90. The summed E-state index contributed by atoms with van der Waals surface area (Å²) in [4.78, 5) is 13.9. The van der Waals surface area contributed by atoms with Gasteiger partial charge in [-0.15, -0.1) is 21.5 Å². The molecule has 1 saturated carbocycles. The minimum Gasteiger partial charge on any atom is -0.465 e. The molecule has 0 unspecified atom stereocenters. The summed E-state index contributed by atoms with van der Waals surface area (Å²) in [5.74, 6) is 0.522. The van der Waals surface area contributed by atoms with Crippen LogP contribution in [0.4, 0.5) is 0 Å². The van der Waals surface area contributed by atoms with Crippen LogP contribution < -0.4 is 0 Å². The van der Waals surface area contributed by atoms with E-state index in [4.69, 9.17) is 4.74 Å². The zero-order chi connectivity index (χ0) is 18.5. The Morgan fingerprint density at radius 2 is 2.08 bits per heavy atom. The van der Waals surface area contributed by atoms with Crippen LogP contribution in [0.5, 0.6) is 0 Å². The lowest BCUT2D eigenvalue weighted by molar-refractivity contribution is -0.145. The second kappa shape index (κ2) is 6.95. The van der Waals surface area contributed by atoms with Gasteiger partial charge in [-0.25, -0.2) is 0 Å². The normalized spacial score (nSPS) is 16.8. The summed E-state index contributed by atoms with van der Waals surface area (Å²) in [7, 11) is 0. The van der Waals surface area contributed by atoms with Crippen LogP contribution in [-0.2, 0) is 22.4 Å². The summed E-state index contributed by atoms with van der Waals surface area (Å²) in [5.41, 5.74) is 3.02. The van der Waals surface area contributed by atoms with Gasteiger partial charge in [0.1, 0.15) is 9.75 Å². The number of esters is 1. The average Bonchev–Trinajstić information content (AvgIpc) is 3.05. The number of hydrogen-bond donors (Lipinski definition) is 0. The quantitative estimate of drug-likeness (QED) is 0.458. The van der Waals surface area contributed by atoms with E-state index in [1.54, 1.807) is 10.4 Å². The highest BCUT2D eigenvalue weighted by Crippen LogP contribution is 2.51. The van der Waals surface area contributed by atoms with Crippen LogP contribution in [0.3, 0.4) is 0 Å². The summed E-state index contributed by atoms with van der Waals surface area (Å²) < 4.78 is 7.27. The van der Waals surface area contributed by atoms with E-state index >= 15 is 0 Å². The van der Waals surface area contributed by atoms with E-state index in [9.17, 15) is 4.79 Å². The van der Waals surface area contributed by atoms with E-state index in [1.807, 2.05) is 32.1 Å². The number of nitrogens with zero attached hydrogens (tertiary/aromatic N) is 3. The molecule has 2 aromatic heterocycles. The predicted octanol–water partition coefficient (Wildman–Crippen LogP) is 4.89. The Bertz CT molecular complexity index is 855. The molecule has 0 atom stereocenters. The molecule has 26 heavy (non-hydrogen) atoms. The minimum atomic E-state index is -0.722. The Morgan fingerprint density at radius 1 is 1.35 bits per heavy atom. The lowest BCUT2D eigenvalue weighted by Crippen LogP contribution is -2.30. The van der Waals surface area contributed by atoms with Gasteiger partial charge < -0.3 is 4.74 Å². The van der Waals surface area contributed by atoms with Gasteiger partial charge in [-0.05, 0) is 85.9 Å². The van der Waals surface area contributed by atoms with Gasteiger partial charge in [-0.3, -0.25) is 9.36 Å². The van der Waals surface area contributed by atoms with Gasteiger partial charge in [-0.2, -0.15) is 0 Å². The molecule has 0 saturated heterocycles. The topological polar surface area (TPSA) is 57.0 Å². The number of aromatic nitrogens is 3. The largest absolute Gasteiger partial charge is 0.465 e. The van der Waals surface area contributed by atoms with Crippen LogP contribution in [0.1, 0.15) is 62.0 Å². The fraction of sp³-hybridized carbons (Fsp3) is 0.611. The van der Waals surface area contributed by atoms with Crippen molar-refractivity contribution in [3.63, 3.8) is 0 Å². The molecular formula is C18H22BrN3O2S2. The summed E-state index contributed by atoms with van der Waals surface area (Å²) in [6, 6.07) is 0. The van der Waals surface area contributed by atoms with Crippen LogP contribution in [0.25, 0.3) is 5.00 Å². The van der Waals surface area contributed by atoms with E-state index in [0.717, 1.165) is 17.5 Å². The smallest absolute Gasteiger partial charge is 0.322 e. The number of carbonyl (C=O) groups is 1. The van der Waals surface area contributed by atoms with Crippen molar-refractivity contribution >= 4 is 45.0 Å². The first-order valence-corrected chi connectivity index (χ1v) is 11.5. The second-order valence-electron chi connectivity index (χ2n) is 7.28. The Hall–Kier alpha value is -0.860. The first kappa shape index (κ1) is 18.5. The first-order valence-electron chi connectivity index (χ1n) is 9.04. The number of ether oxygens (including phenoxy) is 1. The Balaban J connectivity index is 1.72. The van der Waals surface area contributed by atoms with Crippen molar-refractivity contribution in [1.82, 2.24) is 14.8 Å². The lowest BCUT2D eigenvalue weighted by Gasteiger charge is -2.21. The molecule has 0 aliphatic heterocycles. The highest BCUT2D eigenvalue weighted by Gasteiger charge is 2.36. The van der Waals surface area contributed by atoms with Gasteiger partial charge in [0.2, 0.25) is 4.73 Å². The maximum atomic E-state index is 12.3. The summed E-state index contributed by atoms with van der Waals surface area (Å²) >= 11 is 6.86. The molecule has 0 N–H and O–H groups in total. The van der Waals surface area contributed by atoms with Crippen molar-refractivity contribution < 1.29 is 9.53 Å². The standard InChI is InChI=1S/C18H22BrN3O2S2/c1-4-24-15(23)18(2,3)26-17-21-20-16(19)22(17)14-12-7-5-6-11(12)13(25-14)10-8-9-10/h10H,4-9H2,1-3H3. The number of thioether (sulfide) groups is 1. The van der Waals surface area contributed by atoms with E-state index < -0.39 is 4.75 Å². The van der Waals surface area contributed by atoms with Crippen LogP contribution >= 0.6 is 39.0 Å². The molecular weight excluding hydrogens is 434 g/mol. The molecule has 2 aromatic rings. The molecule has 2 aliphatic carbocycles. The van der Waals surface area contributed by atoms with Crippen LogP contribution in [-0.4, -0.2) is 32.1 Å². The van der Waals surface area contributed by atoms with E-state index in [-0.39, 0.29) is 5.97 Å². The summed E-state index contributed by atoms with van der Waals surface area (Å²) in [6.45, 7) is 5.95. The molecule has 140 valence electrons. The van der Waals surface area contributed by atoms with Gasteiger partial charge in [0, 0.05) is 4.88 Å². The maximum absolute atomic E-state index is 12.3. The molecule has 1 fully saturated rings. The van der Waals surface area contributed by atoms with Gasteiger partial charge in [0.25, 0.3) is 0 Å². The monoisotopic (exact) mass is 455 g/mol. The van der Waals surface area contributed by atoms with E-state index in [0.29, 0.717) is 11.3 Å². The minimum absolute atomic E-state index is 0.231. The molecule has 8 heteroatoms. The molecule has 0 amide bonds. The van der Waals surface area contributed by atoms with Crippen LogP contribution in [0.2, 0.25) is 0 Å². The zero-order valence-electron chi connectivity index (χ0n) is 15.2. The number of rotatable bonds is 6. The third kappa shape index (κ3) is 3.24. The molecule has 2 heterocycles. The predicted molar refractivity (Wildman–Crippen MR) is 108 cm³/mol. The molecule has 2 aliphatic rings. The SMILES string of the molecule is CCOC(=O)C(C)(C)Sc1nnc(Br)n1-c1sc(C2CC2)c2c1CCC2. The van der Waals surface area contributed by atoms with Crippen LogP contribution in [0, 0.1) is 0 Å². The first-order chi connectivity index (χ1) is 12.4. The number of hydrogen-bond acceptors (Lipinski definition) is 6. The Morgan fingerprint density at radius 3 is 2.77 bits per heavy atom. The van der Waals surface area contributed by atoms with Crippen molar-refractivity contribution in [2.45, 2.75) is 68.7 Å². The molecule has 0 radical (unpaired) electrons. The number of carbonyl (C=O) groups excluding carboxylic acids is 1. The highest BCUT2D eigenvalue weighted by molar-refractivity contribution is 9.10. The maximum Gasteiger partial charge on any atom is 0.322 e. The van der Waals surface area contributed by atoms with Crippen molar-refractivity contribution in [2.24, 2.45) is 0 Å². The number of halogens is 1. The highest BCUT2D eigenvalue weighted by atomic mass is 79.9. The number of thiophene rings is 1. The zero-order valence-corrected chi connectivity index (χ0v) is 18.4. The fourth-order valence-corrected chi connectivity index (χ4v) is 6.64. The third-order valence-electron chi connectivity index (χ3n) is 4.84. The summed E-state index contributed by atoms with van der Waals surface area (Å²) in [6.07, 6.45) is 6.15. The van der Waals surface area contributed by atoms with Crippen LogP contribution in [0.15, 0.2) is 9.89 Å². The molecule has 5 nitrogen and oxygen atoms in total. The Labute approximate surface area is 170 Å². The van der Waals surface area contributed by atoms with Crippen molar-refractivity contribution in [2.75, 3.05) is 6.61 Å². The van der Waals surface area contributed by atoms with E-state index in [1.165, 1.54) is 48.0 Å². The molecule has 0 aromatic carbocycles. The van der Waals surface area contributed by atoms with Crippen molar-refractivity contribution in [3.8, 4) is 5.00 Å².